The zero-order valence-corrected chi connectivity index (χ0v) is 16.5. The summed E-state index contributed by atoms with van der Waals surface area (Å²) in [6.07, 6.45) is 1.73. The average molecular weight is 442 g/mol. The fraction of sp³-hybridized carbons (Fsp3) is 0.105. The Bertz CT molecular complexity index is 1030. The summed E-state index contributed by atoms with van der Waals surface area (Å²) in [5.41, 5.74) is 4.96. The molecule has 0 saturated carbocycles. The molecule has 0 saturated heterocycles. The Morgan fingerprint density at radius 1 is 1.18 bits per heavy atom. The van der Waals surface area contributed by atoms with Crippen LogP contribution < -0.4 is 5.43 Å². The van der Waals surface area contributed by atoms with Gasteiger partial charge in [0.1, 0.15) is 0 Å². The molecule has 3 aromatic rings. The highest BCUT2D eigenvalue weighted by molar-refractivity contribution is 9.10. The fourth-order valence-corrected chi connectivity index (χ4v) is 2.69. The maximum absolute atomic E-state index is 12.2. The maximum atomic E-state index is 12.2. The molecule has 0 aliphatic heterocycles. The van der Waals surface area contributed by atoms with Crippen molar-refractivity contribution in [2.24, 2.45) is 5.10 Å². The normalized spacial score (nSPS) is 11.3. The maximum Gasteiger partial charge on any atom is 0.291 e. The van der Waals surface area contributed by atoms with Crippen molar-refractivity contribution >= 4 is 33.2 Å². The molecule has 142 valence electrons. The zero-order chi connectivity index (χ0) is 20.1. The van der Waals surface area contributed by atoms with E-state index in [-0.39, 0.29) is 11.4 Å². The monoisotopic (exact) mass is 441 g/mol. The van der Waals surface area contributed by atoms with Gasteiger partial charge in [-0.3, -0.25) is 19.6 Å². The number of rotatable bonds is 6. The van der Waals surface area contributed by atoms with Crippen molar-refractivity contribution in [3.05, 3.63) is 92.2 Å². The number of nitrogens with zero attached hydrogens (tertiary/aromatic N) is 4. The van der Waals surface area contributed by atoms with Crippen molar-refractivity contribution in [3.63, 3.8) is 0 Å². The minimum atomic E-state index is -0.470. The first-order valence-corrected chi connectivity index (χ1v) is 9.09. The molecular formula is C19H16BrN5O3. The van der Waals surface area contributed by atoms with Crippen LogP contribution in [0.5, 0.6) is 0 Å². The van der Waals surface area contributed by atoms with E-state index >= 15 is 0 Å². The van der Waals surface area contributed by atoms with Crippen LogP contribution in [0.3, 0.4) is 0 Å². The first-order chi connectivity index (χ1) is 13.4. The molecule has 0 radical (unpaired) electrons. The molecule has 1 heterocycles. The lowest BCUT2D eigenvalue weighted by Crippen LogP contribution is -2.20. The third-order valence-electron chi connectivity index (χ3n) is 3.95. The highest BCUT2D eigenvalue weighted by Crippen LogP contribution is 2.13. The molecule has 9 heteroatoms. The molecule has 1 N–H and O–H groups in total. The molecule has 1 amide bonds. The lowest BCUT2D eigenvalue weighted by atomic mass is 10.1. The molecule has 28 heavy (non-hydrogen) atoms. The third kappa shape index (κ3) is 4.89. The lowest BCUT2D eigenvalue weighted by molar-refractivity contribution is -0.384. The van der Waals surface area contributed by atoms with E-state index in [1.807, 2.05) is 24.3 Å². The Hall–Kier alpha value is -3.33. The molecule has 8 nitrogen and oxygen atoms in total. The van der Waals surface area contributed by atoms with Gasteiger partial charge in [-0.2, -0.15) is 10.2 Å². The summed E-state index contributed by atoms with van der Waals surface area (Å²) in [6.45, 7) is 2.25. The van der Waals surface area contributed by atoms with Gasteiger partial charge in [-0.05, 0) is 48.4 Å². The molecule has 3 rings (SSSR count). The van der Waals surface area contributed by atoms with Crippen molar-refractivity contribution in [2.45, 2.75) is 13.5 Å². The van der Waals surface area contributed by atoms with Crippen LogP contribution in [0.25, 0.3) is 0 Å². The van der Waals surface area contributed by atoms with E-state index in [1.165, 1.54) is 12.1 Å². The largest absolute Gasteiger partial charge is 0.291 e. The number of hydrazone groups is 1. The number of carbonyl (C=O) groups is 1. The summed E-state index contributed by atoms with van der Waals surface area (Å²) >= 11 is 3.39. The molecule has 0 aliphatic rings. The Labute approximate surface area is 169 Å². The summed E-state index contributed by atoms with van der Waals surface area (Å²) in [5.74, 6) is -0.434. The molecule has 0 fully saturated rings. The number of halogens is 1. The van der Waals surface area contributed by atoms with Crippen LogP contribution in [0.4, 0.5) is 5.69 Å². The molecular weight excluding hydrogens is 426 g/mol. The van der Waals surface area contributed by atoms with E-state index in [2.05, 4.69) is 31.6 Å². The predicted octanol–water partition coefficient (Wildman–Crippen LogP) is 3.76. The topological polar surface area (TPSA) is 102 Å². The summed E-state index contributed by atoms with van der Waals surface area (Å²) in [6, 6.07) is 15.4. The molecule has 0 bridgehead atoms. The summed E-state index contributed by atoms with van der Waals surface area (Å²) in [4.78, 5) is 22.5. The van der Waals surface area contributed by atoms with Gasteiger partial charge in [-0.1, -0.05) is 28.1 Å². The number of benzene rings is 2. The number of amides is 1. The van der Waals surface area contributed by atoms with Crippen LogP contribution in [-0.4, -0.2) is 26.3 Å². The number of hydrogen-bond donors (Lipinski definition) is 1. The molecule has 1 aromatic heterocycles. The second-order valence-corrected chi connectivity index (χ2v) is 6.88. The second kappa shape index (κ2) is 8.57. The van der Waals surface area contributed by atoms with Crippen LogP contribution >= 0.6 is 15.9 Å². The minimum Gasteiger partial charge on any atom is -0.268 e. The van der Waals surface area contributed by atoms with Gasteiger partial charge < -0.3 is 0 Å². The van der Waals surface area contributed by atoms with Crippen LogP contribution in [-0.2, 0) is 6.54 Å². The Morgan fingerprint density at radius 2 is 1.86 bits per heavy atom. The fourth-order valence-electron chi connectivity index (χ4n) is 2.43. The third-order valence-corrected chi connectivity index (χ3v) is 4.48. The summed E-state index contributed by atoms with van der Waals surface area (Å²) < 4.78 is 2.67. The highest BCUT2D eigenvalue weighted by Gasteiger charge is 2.10. The smallest absolute Gasteiger partial charge is 0.268 e. The Kier molecular flexibility index (Phi) is 5.95. The number of aromatic nitrogens is 2. The van der Waals surface area contributed by atoms with E-state index in [0.29, 0.717) is 17.8 Å². The molecule has 0 aliphatic carbocycles. The highest BCUT2D eigenvalue weighted by atomic mass is 79.9. The van der Waals surface area contributed by atoms with Crippen molar-refractivity contribution in [2.75, 3.05) is 0 Å². The van der Waals surface area contributed by atoms with Gasteiger partial charge in [-0.15, -0.1) is 0 Å². The first kappa shape index (κ1) is 19.4. The van der Waals surface area contributed by atoms with Crippen LogP contribution in [0, 0.1) is 10.1 Å². The average Bonchev–Trinajstić information content (AvgIpc) is 3.16. The van der Waals surface area contributed by atoms with Gasteiger partial charge in [0.15, 0.2) is 5.69 Å². The van der Waals surface area contributed by atoms with Gasteiger partial charge >= 0.3 is 0 Å². The number of hydrogen-bond acceptors (Lipinski definition) is 5. The van der Waals surface area contributed by atoms with E-state index < -0.39 is 10.8 Å². The molecule has 0 atom stereocenters. The molecule has 0 unspecified atom stereocenters. The number of carbonyl (C=O) groups excluding carboxylic acids is 1. The van der Waals surface area contributed by atoms with Crippen molar-refractivity contribution in [3.8, 4) is 0 Å². The number of nitro benzene ring substituents is 1. The summed E-state index contributed by atoms with van der Waals surface area (Å²) in [5, 5.41) is 19.0. The first-order valence-electron chi connectivity index (χ1n) is 8.30. The van der Waals surface area contributed by atoms with E-state index in [1.54, 1.807) is 36.0 Å². The SMILES string of the molecule is C/C(=N\NC(=O)c1ccn(Cc2ccc(Br)cc2)n1)c1ccc([N+](=O)[O-])cc1. The van der Waals surface area contributed by atoms with Gasteiger partial charge in [0, 0.05) is 22.8 Å². The van der Waals surface area contributed by atoms with Crippen molar-refractivity contribution in [1.82, 2.24) is 15.2 Å². The quantitative estimate of drug-likeness (QED) is 0.357. The summed E-state index contributed by atoms with van der Waals surface area (Å²) in [7, 11) is 0. The van der Waals surface area contributed by atoms with Gasteiger partial charge in [-0.25, -0.2) is 5.43 Å². The van der Waals surface area contributed by atoms with Crippen LogP contribution in [0.15, 0.2) is 70.4 Å². The van der Waals surface area contributed by atoms with E-state index in [9.17, 15) is 14.9 Å². The molecule has 0 spiro atoms. The Balaban J connectivity index is 1.62. The van der Waals surface area contributed by atoms with Crippen molar-refractivity contribution in [1.29, 1.82) is 0 Å². The van der Waals surface area contributed by atoms with Gasteiger partial charge in [0.2, 0.25) is 0 Å². The lowest BCUT2D eigenvalue weighted by Gasteiger charge is -2.03. The Morgan fingerprint density at radius 3 is 2.50 bits per heavy atom. The predicted molar refractivity (Wildman–Crippen MR) is 108 cm³/mol. The zero-order valence-electron chi connectivity index (χ0n) is 14.9. The number of non-ortho nitro benzene ring substituents is 1. The molecule has 2 aromatic carbocycles. The van der Waals surface area contributed by atoms with Crippen molar-refractivity contribution < 1.29 is 9.72 Å². The van der Waals surface area contributed by atoms with E-state index in [0.717, 1.165) is 10.0 Å². The van der Waals surface area contributed by atoms with Crippen LogP contribution in [0.1, 0.15) is 28.5 Å². The second-order valence-electron chi connectivity index (χ2n) is 5.97. The van der Waals surface area contributed by atoms with E-state index in [4.69, 9.17) is 0 Å². The van der Waals surface area contributed by atoms with Gasteiger partial charge in [0.05, 0.1) is 17.2 Å². The minimum absolute atomic E-state index is 0.00287. The van der Waals surface area contributed by atoms with Gasteiger partial charge in [0.25, 0.3) is 11.6 Å². The standard InChI is InChI=1S/C19H16BrN5O3/c1-13(15-4-8-17(9-5-15)25(27)28)21-22-19(26)18-10-11-24(23-18)12-14-2-6-16(20)7-3-14/h2-11H,12H2,1H3,(H,22,26)/b21-13+. The van der Waals surface area contributed by atoms with Crippen LogP contribution in [0.2, 0.25) is 0 Å². The number of nitro groups is 1. The number of nitrogens with one attached hydrogen (secondary N) is 1.